The molecule has 2 aromatic rings. The van der Waals surface area contributed by atoms with Crippen molar-refractivity contribution in [1.82, 2.24) is 9.97 Å². The van der Waals surface area contributed by atoms with Crippen molar-refractivity contribution in [2.75, 3.05) is 12.1 Å². The van der Waals surface area contributed by atoms with Crippen LogP contribution in [0.3, 0.4) is 0 Å². The minimum atomic E-state index is -0.182. The average molecular weight is 309 g/mol. The SMILES string of the molecule is O=C1CCCC2=C1C(c1ncc[nH]1)c1cc3c(cc1N2)OCO3. The molecular weight excluding hydrogens is 294 g/mol. The molecule has 0 fully saturated rings. The second-order valence-electron chi connectivity index (χ2n) is 5.99. The molecule has 1 aromatic heterocycles. The molecule has 0 saturated heterocycles. The molecule has 2 N–H and O–H groups in total. The van der Waals surface area contributed by atoms with Gasteiger partial charge in [0, 0.05) is 41.8 Å². The predicted octanol–water partition coefficient (Wildman–Crippen LogP) is 2.70. The van der Waals surface area contributed by atoms with Crippen molar-refractivity contribution >= 4 is 11.5 Å². The lowest BCUT2D eigenvalue weighted by molar-refractivity contribution is -0.116. The molecule has 5 rings (SSSR count). The van der Waals surface area contributed by atoms with E-state index in [0.29, 0.717) is 6.42 Å². The quantitative estimate of drug-likeness (QED) is 0.847. The van der Waals surface area contributed by atoms with Gasteiger partial charge in [-0.15, -0.1) is 0 Å². The van der Waals surface area contributed by atoms with Gasteiger partial charge in [-0.3, -0.25) is 4.79 Å². The highest BCUT2D eigenvalue weighted by Crippen LogP contribution is 2.48. The third-order valence-electron chi connectivity index (χ3n) is 4.68. The number of imidazole rings is 1. The van der Waals surface area contributed by atoms with Crippen LogP contribution in [0.15, 0.2) is 35.8 Å². The molecule has 1 aromatic carbocycles. The number of rotatable bonds is 1. The monoisotopic (exact) mass is 309 g/mol. The number of aromatic nitrogens is 2. The molecule has 6 heteroatoms. The van der Waals surface area contributed by atoms with Gasteiger partial charge in [0.25, 0.3) is 0 Å². The lowest BCUT2D eigenvalue weighted by Gasteiger charge is -2.32. The third-order valence-corrected chi connectivity index (χ3v) is 4.68. The summed E-state index contributed by atoms with van der Waals surface area (Å²) >= 11 is 0. The fraction of sp³-hybridized carbons (Fsp3) is 0.294. The number of nitrogens with one attached hydrogen (secondary N) is 2. The Morgan fingerprint density at radius 3 is 2.87 bits per heavy atom. The number of nitrogens with zero attached hydrogens (tertiary/aromatic N) is 1. The fourth-order valence-corrected chi connectivity index (χ4v) is 3.67. The standard InChI is InChI=1S/C17H15N3O3/c21-12-3-1-2-10-16(12)15(17-18-4-5-19-17)9-6-13-14(23-8-22-13)7-11(9)20-10/h4-7,15,20H,1-3,8H2,(H,18,19). The first kappa shape index (κ1) is 12.8. The highest BCUT2D eigenvalue weighted by atomic mass is 16.7. The zero-order chi connectivity index (χ0) is 15.4. The number of hydrogen-bond acceptors (Lipinski definition) is 5. The highest BCUT2D eigenvalue weighted by molar-refractivity contribution is 6.01. The molecule has 0 saturated carbocycles. The van der Waals surface area contributed by atoms with Crippen molar-refractivity contribution in [3.8, 4) is 11.5 Å². The Balaban J connectivity index is 1.74. The van der Waals surface area contributed by atoms with E-state index in [1.807, 2.05) is 12.1 Å². The minimum absolute atomic E-state index is 0.182. The van der Waals surface area contributed by atoms with Gasteiger partial charge in [0.15, 0.2) is 17.3 Å². The lowest BCUT2D eigenvalue weighted by atomic mass is 9.78. The van der Waals surface area contributed by atoms with Gasteiger partial charge >= 0.3 is 0 Å². The number of aromatic amines is 1. The number of carbonyl (C=O) groups is 1. The molecule has 0 spiro atoms. The Hall–Kier alpha value is -2.76. The Morgan fingerprint density at radius 2 is 2.04 bits per heavy atom. The van der Waals surface area contributed by atoms with Crippen molar-refractivity contribution in [3.05, 3.63) is 47.2 Å². The maximum absolute atomic E-state index is 12.6. The summed E-state index contributed by atoms with van der Waals surface area (Å²) in [7, 11) is 0. The second kappa shape index (κ2) is 4.62. The molecule has 0 amide bonds. The van der Waals surface area contributed by atoms with Crippen LogP contribution >= 0.6 is 0 Å². The van der Waals surface area contributed by atoms with Crippen molar-refractivity contribution in [2.45, 2.75) is 25.2 Å². The molecule has 0 bridgehead atoms. The highest BCUT2D eigenvalue weighted by Gasteiger charge is 2.37. The summed E-state index contributed by atoms with van der Waals surface area (Å²) in [6.07, 6.45) is 5.87. The number of anilines is 1. The van der Waals surface area contributed by atoms with E-state index in [4.69, 9.17) is 9.47 Å². The van der Waals surface area contributed by atoms with Crippen LogP contribution < -0.4 is 14.8 Å². The Morgan fingerprint density at radius 1 is 1.17 bits per heavy atom. The smallest absolute Gasteiger partial charge is 0.231 e. The number of ether oxygens (including phenoxy) is 2. The first-order chi connectivity index (χ1) is 11.3. The maximum atomic E-state index is 12.6. The van der Waals surface area contributed by atoms with Gasteiger partial charge < -0.3 is 19.8 Å². The molecule has 6 nitrogen and oxygen atoms in total. The molecule has 1 unspecified atom stereocenters. The number of carbonyl (C=O) groups excluding carboxylic acids is 1. The van der Waals surface area contributed by atoms with Crippen LogP contribution in [0.5, 0.6) is 11.5 Å². The molecule has 3 heterocycles. The maximum Gasteiger partial charge on any atom is 0.231 e. The fourth-order valence-electron chi connectivity index (χ4n) is 3.67. The van der Waals surface area contributed by atoms with E-state index in [0.717, 1.165) is 52.7 Å². The van der Waals surface area contributed by atoms with E-state index in [9.17, 15) is 4.79 Å². The summed E-state index contributed by atoms with van der Waals surface area (Å²) in [5, 5.41) is 3.43. The van der Waals surface area contributed by atoms with Gasteiger partial charge in [-0.05, 0) is 24.5 Å². The number of Topliss-reactive ketones (excluding diaryl/α,β-unsaturated/α-hetero) is 1. The molecule has 116 valence electrons. The van der Waals surface area contributed by atoms with Crippen LogP contribution in [0.2, 0.25) is 0 Å². The number of hydrogen-bond donors (Lipinski definition) is 2. The number of benzene rings is 1. The van der Waals surface area contributed by atoms with Crippen molar-refractivity contribution in [2.24, 2.45) is 0 Å². The van der Waals surface area contributed by atoms with Crippen LogP contribution in [-0.4, -0.2) is 22.5 Å². The van der Waals surface area contributed by atoms with Crippen LogP contribution in [0.4, 0.5) is 5.69 Å². The van der Waals surface area contributed by atoms with Gasteiger partial charge in [-0.1, -0.05) is 0 Å². The van der Waals surface area contributed by atoms with E-state index in [-0.39, 0.29) is 18.5 Å². The minimum Gasteiger partial charge on any atom is -0.454 e. The molecule has 2 aliphatic heterocycles. The number of H-pyrrole nitrogens is 1. The van der Waals surface area contributed by atoms with E-state index >= 15 is 0 Å². The second-order valence-corrected chi connectivity index (χ2v) is 5.99. The third kappa shape index (κ3) is 1.81. The molecule has 3 aliphatic rings. The van der Waals surface area contributed by atoms with E-state index in [1.54, 1.807) is 12.4 Å². The van der Waals surface area contributed by atoms with Crippen LogP contribution in [0, 0.1) is 0 Å². The number of allylic oxidation sites excluding steroid dienone is 2. The number of fused-ring (bicyclic) bond motifs is 2. The van der Waals surface area contributed by atoms with Crippen LogP contribution in [-0.2, 0) is 4.79 Å². The van der Waals surface area contributed by atoms with Gasteiger partial charge in [0.1, 0.15) is 5.82 Å². The summed E-state index contributed by atoms with van der Waals surface area (Å²) in [5.74, 6) is 2.26. The zero-order valence-corrected chi connectivity index (χ0v) is 12.4. The normalized spacial score (nSPS) is 21.7. The van der Waals surface area contributed by atoms with Crippen molar-refractivity contribution < 1.29 is 14.3 Å². The van der Waals surface area contributed by atoms with Crippen molar-refractivity contribution in [3.63, 3.8) is 0 Å². The van der Waals surface area contributed by atoms with Gasteiger partial charge in [-0.25, -0.2) is 4.98 Å². The summed E-state index contributed by atoms with van der Waals surface area (Å²) in [5.41, 5.74) is 3.80. The van der Waals surface area contributed by atoms with E-state index < -0.39 is 0 Å². The summed E-state index contributed by atoms with van der Waals surface area (Å²) in [6.45, 7) is 0.232. The molecule has 1 aliphatic carbocycles. The number of ketones is 1. The van der Waals surface area contributed by atoms with Gasteiger partial charge in [0.05, 0.1) is 5.92 Å². The molecule has 1 atom stereocenters. The summed E-state index contributed by atoms with van der Waals surface area (Å²) in [6, 6.07) is 3.92. The Bertz CT molecular complexity index is 839. The first-order valence-electron chi connectivity index (χ1n) is 7.77. The Kier molecular flexibility index (Phi) is 2.56. The van der Waals surface area contributed by atoms with Gasteiger partial charge in [0.2, 0.25) is 6.79 Å². The zero-order valence-electron chi connectivity index (χ0n) is 12.4. The average Bonchev–Trinajstić information content (AvgIpc) is 3.22. The van der Waals surface area contributed by atoms with Crippen LogP contribution in [0.25, 0.3) is 0 Å². The largest absolute Gasteiger partial charge is 0.454 e. The van der Waals surface area contributed by atoms with E-state index in [1.165, 1.54) is 0 Å². The predicted molar refractivity (Wildman–Crippen MR) is 82.5 cm³/mol. The van der Waals surface area contributed by atoms with E-state index in [2.05, 4.69) is 15.3 Å². The first-order valence-corrected chi connectivity index (χ1v) is 7.77. The molecular formula is C17H15N3O3. The van der Waals surface area contributed by atoms with Crippen LogP contribution in [0.1, 0.15) is 36.6 Å². The molecule has 0 radical (unpaired) electrons. The molecule has 23 heavy (non-hydrogen) atoms. The Labute approximate surface area is 132 Å². The lowest BCUT2D eigenvalue weighted by Crippen LogP contribution is -2.27. The summed E-state index contributed by atoms with van der Waals surface area (Å²) < 4.78 is 11.0. The van der Waals surface area contributed by atoms with Gasteiger partial charge in [-0.2, -0.15) is 0 Å². The topological polar surface area (TPSA) is 76.2 Å². The van der Waals surface area contributed by atoms with Crippen molar-refractivity contribution in [1.29, 1.82) is 0 Å². The summed E-state index contributed by atoms with van der Waals surface area (Å²) in [4.78, 5) is 20.2.